The second-order valence-electron chi connectivity index (χ2n) is 11.1. The Morgan fingerprint density at radius 3 is 2.26 bits per heavy atom. The van der Waals surface area contributed by atoms with Crippen molar-refractivity contribution >= 4 is 58.1 Å². The maximum atomic E-state index is 13.3. The minimum Gasteiger partial charge on any atom is -0.456 e. The van der Waals surface area contributed by atoms with E-state index in [-0.39, 0.29) is 24.4 Å². The van der Waals surface area contributed by atoms with Crippen molar-refractivity contribution < 1.29 is 28.7 Å². The average Bonchev–Trinajstić information content (AvgIpc) is 3.38. The Morgan fingerprint density at radius 2 is 1.63 bits per heavy atom. The molecular weight excluding hydrogens is 572 g/mol. The molecule has 0 bridgehead atoms. The van der Waals surface area contributed by atoms with Gasteiger partial charge in [0.1, 0.15) is 11.6 Å². The Bertz CT molecular complexity index is 1520. The van der Waals surface area contributed by atoms with E-state index in [0.29, 0.717) is 34.9 Å². The maximum absolute atomic E-state index is 13.3. The number of nitrogens with one attached hydrogen (secondary N) is 3. The standard InChI is InChI=1S/C32H33ClN4O6/c1-32(2,3)43-31(42)21-9-12-23(13-10-21)34-28(39)26(17-20-7-5-4-6-8-20)36-30(41)29(40)35-25-18-22(33)11-14-27(25)37-16-15-24(38)19-37/h4-14,18,26H,15-17,19H2,1-3H3,(H,34,39)(H,35,40)(H,36,41). The number of halogens is 1. The van der Waals surface area contributed by atoms with E-state index in [9.17, 15) is 24.0 Å². The van der Waals surface area contributed by atoms with Gasteiger partial charge in [-0.05, 0) is 68.8 Å². The van der Waals surface area contributed by atoms with Crippen molar-refractivity contribution in [2.24, 2.45) is 0 Å². The van der Waals surface area contributed by atoms with Crippen molar-refractivity contribution in [3.05, 3.63) is 88.9 Å². The van der Waals surface area contributed by atoms with Crippen molar-refractivity contribution in [3.63, 3.8) is 0 Å². The molecule has 1 unspecified atom stereocenters. The summed E-state index contributed by atoms with van der Waals surface area (Å²) >= 11 is 6.15. The van der Waals surface area contributed by atoms with Crippen LogP contribution in [-0.2, 0) is 30.3 Å². The van der Waals surface area contributed by atoms with Crippen molar-refractivity contribution in [3.8, 4) is 0 Å². The lowest BCUT2D eigenvalue weighted by atomic mass is 10.0. The van der Waals surface area contributed by atoms with Gasteiger partial charge < -0.3 is 25.6 Å². The van der Waals surface area contributed by atoms with Gasteiger partial charge in [0, 0.05) is 30.1 Å². The van der Waals surface area contributed by atoms with Gasteiger partial charge in [-0.1, -0.05) is 41.9 Å². The molecule has 0 spiro atoms. The van der Waals surface area contributed by atoms with Crippen molar-refractivity contribution in [2.45, 2.75) is 45.3 Å². The van der Waals surface area contributed by atoms with E-state index in [1.165, 1.54) is 18.2 Å². The summed E-state index contributed by atoms with van der Waals surface area (Å²) in [4.78, 5) is 65.3. The molecule has 43 heavy (non-hydrogen) atoms. The first-order valence-electron chi connectivity index (χ1n) is 13.7. The molecule has 3 amide bonds. The van der Waals surface area contributed by atoms with E-state index < -0.39 is 35.3 Å². The molecule has 0 aliphatic carbocycles. The fraction of sp³-hybridized carbons (Fsp3) is 0.281. The summed E-state index contributed by atoms with van der Waals surface area (Å²) in [6.07, 6.45) is 0.497. The van der Waals surface area contributed by atoms with Crippen LogP contribution in [0.1, 0.15) is 43.1 Å². The highest BCUT2D eigenvalue weighted by Crippen LogP contribution is 2.31. The summed E-state index contributed by atoms with van der Waals surface area (Å²) in [5.41, 5.74) is 1.65. The van der Waals surface area contributed by atoms with Gasteiger partial charge in [0.25, 0.3) is 0 Å². The summed E-state index contributed by atoms with van der Waals surface area (Å²) in [5, 5.41) is 8.18. The third kappa shape index (κ3) is 8.89. The minimum absolute atomic E-state index is 0.0687. The Morgan fingerprint density at radius 1 is 0.930 bits per heavy atom. The second-order valence-corrected chi connectivity index (χ2v) is 11.5. The highest BCUT2D eigenvalue weighted by molar-refractivity contribution is 6.40. The van der Waals surface area contributed by atoms with Crippen LogP contribution in [0, 0.1) is 0 Å². The first kappa shape index (κ1) is 31.2. The van der Waals surface area contributed by atoms with Gasteiger partial charge in [0.05, 0.1) is 23.5 Å². The lowest BCUT2D eigenvalue weighted by Crippen LogP contribution is -2.49. The van der Waals surface area contributed by atoms with Gasteiger partial charge in [-0.3, -0.25) is 19.2 Å². The molecule has 11 heteroatoms. The zero-order valence-electron chi connectivity index (χ0n) is 24.1. The van der Waals surface area contributed by atoms with Crippen LogP contribution in [0.15, 0.2) is 72.8 Å². The lowest BCUT2D eigenvalue weighted by molar-refractivity contribution is -0.137. The molecule has 1 atom stereocenters. The number of benzene rings is 3. The minimum atomic E-state index is -1.11. The van der Waals surface area contributed by atoms with Gasteiger partial charge in [0.2, 0.25) is 5.91 Å². The van der Waals surface area contributed by atoms with Crippen LogP contribution in [0.4, 0.5) is 17.1 Å². The predicted molar refractivity (Wildman–Crippen MR) is 164 cm³/mol. The van der Waals surface area contributed by atoms with Crippen LogP contribution < -0.4 is 20.9 Å². The normalized spacial score (nSPS) is 13.7. The fourth-order valence-electron chi connectivity index (χ4n) is 4.44. The van der Waals surface area contributed by atoms with E-state index >= 15 is 0 Å². The van der Waals surface area contributed by atoms with Crippen LogP contribution >= 0.6 is 11.6 Å². The molecule has 10 nitrogen and oxygen atoms in total. The third-order valence-corrected chi connectivity index (χ3v) is 6.71. The molecule has 0 aromatic heterocycles. The molecule has 1 aliphatic heterocycles. The molecule has 1 saturated heterocycles. The van der Waals surface area contributed by atoms with Crippen LogP contribution in [0.2, 0.25) is 5.02 Å². The molecule has 3 aromatic carbocycles. The number of carbonyl (C=O) groups is 5. The molecule has 224 valence electrons. The number of esters is 1. The van der Waals surface area contributed by atoms with Crippen LogP contribution in [0.5, 0.6) is 0 Å². The molecule has 4 rings (SSSR count). The smallest absolute Gasteiger partial charge is 0.338 e. The molecule has 1 heterocycles. The van der Waals surface area contributed by atoms with Crippen molar-refractivity contribution in [1.82, 2.24) is 5.32 Å². The summed E-state index contributed by atoms with van der Waals surface area (Å²) in [7, 11) is 0. The largest absolute Gasteiger partial charge is 0.456 e. The van der Waals surface area contributed by atoms with Gasteiger partial charge in [-0.25, -0.2) is 4.79 Å². The lowest BCUT2D eigenvalue weighted by Gasteiger charge is -2.22. The quantitative estimate of drug-likeness (QED) is 0.257. The van der Waals surface area contributed by atoms with E-state index in [4.69, 9.17) is 16.3 Å². The number of carbonyl (C=O) groups excluding carboxylic acids is 5. The van der Waals surface area contributed by atoms with E-state index in [1.54, 1.807) is 74.2 Å². The molecular formula is C32H33ClN4O6. The zero-order chi connectivity index (χ0) is 31.1. The molecule has 3 aromatic rings. The van der Waals surface area contributed by atoms with Crippen LogP contribution in [0.25, 0.3) is 0 Å². The number of hydrogen-bond acceptors (Lipinski definition) is 7. The van der Waals surface area contributed by atoms with Gasteiger partial charge in [-0.15, -0.1) is 0 Å². The van der Waals surface area contributed by atoms with Gasteiger partial charge in [0.15, 0.2) is 5.78 Å². The number of anilines is 3. The second kappa shape index (κ2) is 13.5. The van der Waals surface area contributed by atoms with Crippen molar-refractivity contribution in [1.29, 1.82) is 0 Å². The number of nitrogens with zero attached hydrogens (tertiary/aromatic N) is 1. The molecule has 0 radical (unpaired) electrons. The van der Waals surface area contributed by atoms with E-state index in [1.807, 2.05) is 6.07 Å². The molecule has 3 N–H and O–H groups in total. The molecule has 0 saturated carbocycles. The molecule has 1 fully saturated rings. The zero-order valence-corrected chi connectivity index (χ0v) is 24.9. The third-order valence-electron chi connectivity index (χ3n) is 6.47. The SMILES string of the molecule is CC(C)(C)OC(=O)c1ccc(NC(=O)C(Cc2ccccc2)NC(=O)C(=O)Nc2cc(Cl)ccc2N2CCC(=O)C2)cc1. The van der Waals surface area contributed by atoms with Crippen molar-refractivity contribution in [2.75, 3.05) is 28.6 Å². The monoisotopic (exact) mass is 604 g/mol. The number of ether oxygens (including phenoxy) is 1. The maximum Gasteiger partial charge on any atom is 0.338 e. The van der Waals surface area contributed by atoms with Gasteiger partial charge >= 0.3 is 17.8 Å². The van der Waals surface area contributed by atoms with Crippen LogP contribution in [0.3, 0.4) is 0 Å². The number of ketones is 1. The molecule has 1 aliphatic rings. The summed E-state index contributed by atoms with van der Waals surface area (Å²) in [5.74, 6) is -3.01. The summed E-state index contributed by atoms with van der Waals surface area (Å²) < 4.78 is 5.37. The van der Waals surface area contributed by atoms with E-state index in [0.717, 1.165) is 5.56 Å². The highest BCUT2D eigenvalue weighted by Gasteiger charge is 2.27. The fourth-order valence-corrected chi connectivity index (χ4v) is 4.61. The Balaban J connectivity index is 1.47. The summed E-state index contributed by atoms with van der Waals surface area (Å²) in [6.45, 7) is 5.97. The number of amides is 3. The Kier molecular flexibility index (Phi) is 9.82. The van der Waals surface area contributed by atoms with Crippen LogP contribution in [-0.4, -0.2) is 54.2 Å². The predicted octanol–water partition coefficient (Wildman–Crippen LogP) is 4.38. The first-order chi connectivity index (χ1) is 20.4. The summed E-state index contributed by atoms with van der Waals surface area (Å²) in [6, 6.07) is 18.9. The Labute approximate surface area is 254 Å². The number of hydrogen-bond donors (Lipinski definition) is 3. The van der Waals surface area contributed by atoms with Gasteiger partial charge in [-0.2, -0.15) is 0 Å². The topological polar surface area (TPSA) is 134 Å². The number of Topliss-reactive ketones (excluding diaryl/α,β-unsaturated/α-hetero) is 1. The Hall–Kier alpha value is -4.70. The first-order valence-corrected chi connectivity index (χ1v) is 14.1. The average molecular weight is 605 g/mol. The van der Waals surface area contributed by atoms with E-state index in [2.05, 4.69) is 16.0 Å². The number of rotatable bonds is 8. The highest BCUT2D eigenvalue weighted by atomic mass is 35.5.